The topological polar surface area (TPSA) is 38.3 Å². The number of anilines is 1. The van der Waals surface area contributed by atoms with Crippen molar-refractivity contribution in [3.8, 4) is 5.75 Å². The smallest absolute Gasteiger partial charge is 0.262 e. The van der Waals surface area contributed by atoms with E-state index in [0.29, 0.717) is 11.4 Å². The molecule has 2 aromatic rings. The third-order valence-electron chi connectivity index (χ3n) is 2.88. The maximum atomic E-state index is 13.0. The van der Waals surface area contributed by atoms with Crippen molar-refractivity contribution in [3.63, 3.8) is 0 Å². The summed E-state index contributed by atoms with van der Waals surface area (Å²) >= 11 is 5.65. The van der Waals surface area contributed by atoms with Crippen molar-refractivity contribution in [1.29, 1.82) is 0 Å². The minimum Gasteiger partial charge on any atom is -0.484 e. The van der Waals surface area contributed by atoms with Crippen molar-refractivity contribution >= 4 is 23.2 Å². The maximum Gasteiger partial charge on any atom is 0.262 e. The zero-order chi connectivity index (χ0) is 15.2. The van der Waals surface area contributed by atoms with Crippen LogP contribution in [-0.4, -0.2) is 12.5 Å². The summed E-state index contributed by atoms with van der Waals surface area (Å²) < 4.78 is 18.4. The number of aryl methyl sites for hydroxylation is 1. The average Bonchev–Trinajstić information content (AvgIpc) is 2.49. The molecule has 0 unspecified atom stereocenters. The van der Waals surface area contributed by atoms with Crippen LogP contribution < -0.4 is 10.1 Å². The van der Waals surface area contributed by atoms with Gasteiger partial charge in [-0.2, -0.15) is 0 Å². The largest absolute Gasteiger partial charge is 0.484 e. The van der Waals surface area contributed by atoms with Gasteiger partial charge in [0.05, 0.1) is 5.02 Å². The van der Waals surface area contributed by atoms with Crippen molar-refractivity contribution < 1.29 is 13.9 Å². The summed E-state index contributed by atoms with van der Waals surface area (Å²) in [7, 11) is 0. The molecule has 0 spiro atoms. The fourth-order valence-electron chi connectivity index (χ4n) is 1.78. The number of hydrogen-bond donors (Lipinski definition) is 1. The van der Waals surface area contributed by atoms with Gasteiger partial charge < -0.3 is 10.1 Å². The minimum absolute atomic E-state index is 0.0376. The van der Waals surface area contributed by atoms with E-state index in [-0.39, 0.29) is 17.5 Å². The summed E-state index contributed by atoms with van der Waals surface area (Å²) in [5, 5.41) is 2.56. The first kappa shape index (κ1) is 15.3. The van der Waals surface area contributed by atoms with E-state index in [4.69, 9.17) is 16.3 Å². The highest BCUT2D eigenvalue weighted by Gasteiger charge is 2.06. The van der Waals surface area contributed by atoms with Crippen LogP contribution in [0.3, 0.4) is 0 Å². The highest BCUT2D eigenvalue weighted by molar-refractivity contribution is 6.31. The molecule has 0 radical (unpaired) electrons. The lowest BCUT2D eigenvalue weighted by molar-refractivity contribution is -0.118. The molecule has 21 heavy (non-hydrogen) atoms. The van der Waals surface area contributed by atoms with E-state index in [1.54, 1.807) is 6.07 Å². The van der Waals surface area contributed by atoms with Gasteiger partial charge in [-0.1, -0.05) is 30.7 Å². The second-order valence-corrected chi connectivity index (χ2v) is 4.87. The predicted molar refractivity (Wildman–Crippen MR) is 81.4 cm³/mol. The van der Waals surface area contributed by atoms with E-state index in [9.17, 15) is 9.18 Å². The zero-order valence-corrected chi connectivity index (χ0v) is 12.3. The third kappa shape index (κ3) is 4.46. The van der Waals surface area contributed by atoms with E-state index >= 15 is 0 Å². The summed E-state index contributed by atoms with van der Waals surface area (Å²) in [6, 6.07) is 11.6. The molecule has 0 saturated carbocycles. The van der Waals surface area contributed by atoms with Crippen molar-refractivity contribution in [2.24, 2.45) is 0 Å². The quantitative estimate of drug-likeness (QED) is 0.904. The summed E-state index contributed by atoms with van der Waals surface area (Å²) in [4.78, 5) is 11.8. The molecule has 110 valence electrons. The molecule has 0 aliphatic heterocycles. The van der Waals surface area contributed by atoms with Crippen LogP contribution in [0.2, 0.25) is 5.02 Å². The van der Waals surface area contributed by atoms with E-state index in [0.717, 1.165) is 12.0 Å². The van der Waals surface area contributed by atoms with Crippen molar-refractivity contribution in [2.75, 3.05) is 11.9 Å². The van der Waals surface area contributed by atoms with Gasteiger partial charge in [-0.25, -0.2) is 4.39 Å². The normalized spacial score (nSPS) is 10.2. The van der Waals surface area contributed by atoms with E-state index < -0.39 is 5.82 Å². The molecule has 1 amide bonds. The van der Waals surface area contributed by atoms with Gasteiger partial charge in [0.1, 0.15) is 11.6 Å². The molecule has 3 nitrogen and oxygen atoms in total. The number of nitrogens with one attached hydrogen (secondary N) is 1. The van der Waals surface area contributed by atoms with Crippen LogP contribution in [0.15, 0.2) is 42.5 Å². The molecule has 0 bridgehead atoms. The fraction of sp³-hybridized carbons (Fsp3) is 0.188. The molecule has 0 aliphatic rings. The van der Waals surface area contributed by atoms with Gasteiger partial charge >= 0.3 is 0 Å². The molecular weight excluding hydrogens is 293 g/mol. The van der Waals surface area contributed by atoms with Gasteiger partial charge in [0.25, 0.3) is 5.91 Å². The molecular formula is C16H15ClFNO2. The van der Waals surface area contributed by atoms with E-state index in [2.05, 4.69) is 5.32 Å². The molecule has 2 aromatic carbocycles. The lowest BCUT2D eigenvalue weighted by atomic mass is 10.2. The van der Waals surface area contributed by atoms with Crippen LogP contribution in [0.4, 0.5) is 10.1 Å². The van der Waals surface area contributed by atoms with Crippen LogP contribution in [0.5, 0.6) is 5.75 Å². The standard InChI is InChI=1S/C16H15ClFNO2/c1-2-11-4-3-5-13(8-11)21-10-16(20)19-12-6-7-15(18)14(17)9-12/h3-9H,2,10H2,1H3,(H,19,20). The predicted octanol–water partition coefficient (Wildman–Crippen LogP) is 4.06. The molecule has 0 aliphatic carbocycles. The van der Waals surface area contributed by atoms with Gasteiger partial charge in [-0.3, -0.25) is 4.79 Å². The number of halogens is 2. The average molecular weight is 308 g/mol. The molecule has 0 saturated heterocycles. The number of carbonyl (C=O) groups is 1. The number of amides is 1. The zero-order valence-electron chi connectivity index (χ0n) is 11.5. The Morgan fingerprint density at radius 3 is 2.81 bits per heavy atom. The van der Waals surface area contributed by atoms with E-state index in [1.165, 1.54) is 18.2 Å². The molecule has 5 heteroatoms. The SMILES string of the molecule is CCc1cccc(OCC(=O)Nc2ccc(F)c(Cl)c2)c1. The van der Waals surface area contributed by atoms with Gasteiger partial charge in [0, 0.05) is 5.69 Å². The molecule has 1 N–H and O–H groups in total. The number of carbonyl (C=O) groups excluding carboxylic acids is 1. The minimum atomic E-state index is -0.526. The summed E-state index contributed by atoms with van der Waals surface area (Å²) in [5.41, 5.74) is 1.57. The Balaban J connectivity index is 1.91. The first-order valence-electron chi connectivity index (χ1n) is 6.55. The van der Waals surface area contributed by atoms with Crippen molar-refractivity contribution in [3.05, 3.63) is 58.9 Å². The Bertz CT molecular complexity index is 646. The number of rotatable bonds is 5. The maximum absolute atomic E-state index is 13.0. The number of hydrogen-bond acceptors (Lipinski definition) is 2. The summed E-state index contributed by atoms with van der Waals surface area (Å²) in [5.74, 6) is -0.219. The first-order valence-corrected chi connectivity index (χ1v) is 6.93. The summed E-state index contributed by atoms with van der Waals surface area (Å²) in [6.07, 6.45) is 0.900. The Labute approximate surface area is 127 Å². The second-order valence-electron chi connectivity index (χ2n) is 4.47. The number of benzene rings is 2. The highest BCUT2D eigenvalue weighted by Crippen LogP contribution is 2.19. The van der Waals surface area contributed by atoms with E-state index in [1.807, 2.05) is 25.1 Å². The first-order chi connectivity index (χ1) is 10.1. The molecule has 2 rings (SSSR count). The fourth-order valence-corrected chi connectivity index (χ4v) is 1.96. The van der Waals surface area contributed by atoms with Crippen LogP contribution >= 0.6 is 11.6 Å². The van der Waals surface area contributed by atoms with Crippen molar-refractivity contribution in [1.82, 2.24) is 0 Å². The highest BCUT2D eigenvalue weighted by atomic mass is 35.5. The lowest BCUT2D eigenvalue weighted by Crippen LogP contribution is -2.20. The van der Waals surface area contributed by atoms with Crippen LogP contribution in [0.1, 0.15) is 12.5 Å². The van der Waals surface area contributed by atoms with Crippen LogP contribution in [0, 0.1) is 5.82 Å². The van der Waals surface area contributed by atoms with Gasteiger partial charge in [-0.05, 0) is 42.3 Å². The monoisotopic (exact) mass is 307 g/mol. The third-order valence-corrected chi connectivity index (χ3v) is 3.17. The number of ether oxygens (including phenoxy) is 1. The Hall–Kier alpha value is -2.07. The Kier molecular flexibility index (Phi) is 5.17. The Morgan fingerprint density at radius 1 is 1.29 bits per heavy atom. The van der Waals surface area contributed by atoms with Crippen LogP contribution in [-0.2, 0) is 11.2 Å². The summed E-state index contributed by atoms with van der Waals surface area (Å²) in [6.45, 7) is 1.92. The van der Waals surface area contributed by atoms with Gasteiger partial charge in [-0.15, -0.1) is 0 Å². The molecule has 0 heterocycles. The molecule has 0 fully saturated rings. The van der Waals surface area contributed by atoms with Crippen molar-refractivity contribution in [2.45, 2.75) is 13.3 Å². The van der Waals surface area contributed by atoms with Gasteiger partial charge in [0.2, 0.25) is 0 Å². The molecule has 0 atom stereocenters. The van der Waals surface area contributed by atoms with Crippen LogP contribution in [0.25, 0.3) is 0 Å². The van der Waals surface area contributed by atoms with Gasteiger partial charge in [0.15, 0.2) is 6.61 Å². The second kappa shape index (κ2) is 7.09. The lowest BCUT2D eigenvalue weighted by Gasteiger charge is -2.09. The Morgan fingerprint density at radius 2 is 2.10 bits per heavy atom. The molecule has 0 aromatic heterocycles.